The Morgan fingerprint density at radius 1 is 0.941 bits per heavy atom. The molecule has 0 radical (unpaired) electrons. The Hall–Kier alpha value is -1.87. The predicted molar refractivity (Wildman–Crippen MR) is 70.8 cm³/mol. The molecule has 0 heterocycles. The molecule has 86 valence electrons. The molecule has 2 rings (SSSR count). The van der Waals surface area contributed by atoms with E-state index in [-0.39, 0.29) is 0 Å². The number of benzene rings is 2. The van der Waals surface area contributed by atoms with Gasteiger partial charge in [0, 0.05) is 5.02 Å². The van der Waals surface area contributed by atoms with E-state index >= 15 is 0 Å². The van der Waals surface area contributed by atoms with Crippen LogP contribution in [-0.4, -0.2) is 0 Å². The Balaban J connectivity index is 1.97. The van der Waals surface area contributed by atoms with E-state index in [0.29, 0.717) is 5.02 Å². The van der Waals surface area contributed by atoms with Crippen molar-refractivity contribution in [2.24, 2.45) is 10.3 Å². The van der Waals surface area contributed by atoms with Crippen molar-refractivity contribution in [3.63, 3.8) is 0 Å². The van der Waals surface area contributed by atoms with Crippen molar-refractivity contribution in [2.75, 3.05) is 5.43 Å². The topological polar surface area (TPSA) is 36.8 Å². The second-order valence-corrected chi connectivity index (χ2v) is 4.09. The monoisotopic (exact) mass is 245 g/mol. The molecule has 0 amide bonds. The molecule has 0 unspecified atom stereocenters. The number of halogens is 1. The minimum Gasteiger partial charge on any atom is -0.260 e. The molecule has 1 N–H and O–H groups in total. The quantitative estimate of drug-likeness (QED) is 0.614. The van der Waals surface area contributed by atoms with E-state index in [4.69, 9.17) is 11.6 Å². The van der Waals surface area contributed by atoms with E-state index < -0.39 is 0 Å². The molecule has 0 aliphatic rings. The number of nitrogens with one attached hydrogen (secondary N) is 1. The second kappa shape index (κ2) is 5.46. The van der Waals surface area contributed by atoms with Crippen LogP contribution in [0.2, 0.25) is 5.02 Å². The van der Waals surface area contributed by atoms with Crippen LogP contribution in [0.1, 0.15) is 5.56 Å². The number of hydrogen-bond acceptors (Lipinski definition) is 2. The summed E-state index contributed by atoms with van der Waals surface area (Å²) in [5.74, 6) is 0. The van der Waals surface area contributed by atoms with Crippen molar-refractivity contribution in [1.29, 1.82) is 0 Å². The van der Waals surface area contributed by atoms with Crippen molar-refractivity contribution in [3.8, 4) is 0 Å². The fraction of sp³-hybridized carbons (Fsp3) is 0.0769. The molecule has 0 atom stereocenters. The van der Waals surface area contributed by atoms with E-state index in [1.165, 1.54) is 5.56 Å². The van der Waals surface area contributed by atoms with Gasteiger partial charge < -0.3 is 0 Å². The van der Waals surface area contributed by atoms with Gasteiger partial charge in [0.2, 0.25) is 0 Å². The molecular formula is C13H12ClN3. The van der Waals surface area contributed by atoms with Crippen LogP contribution in [0.25, 0.3) is 0 Å². The van der Waals surface area contributed by atoms with Crippen LogP contribution in [0.5, 0.6) is 0 Å². The lowest BCUT2D eigenvalue weighted by molar-refractivity contribution is 1.13. The van der Waals surface area contributed by atoms with Gasteiger partial charge in [-0.3, -0.25) is 5.43 Å². The molecule has 0 bridgehead atoms. The maximum atomic E-state index is 5.77. The number of rotatable bonds is 3. The molecule has 3 nitrogen and oxygen atoms in total. The highest BCUT2D eigenvalue weighted by Gasteiger charge is 1.90. The molecule has 17 heavy (non-hydrogen) atoms. The van der Waals surface area contributed by atoms with E-state index in [0.717, 1.165) is 11.4 Å². The van der Waals surface area contributed by atoms with Gasteiger partial charge in [-0.25, -0.2) is 0 Å². The highest BCUT2D eigenvalue weighted by atomic mass is 35.5. The van der Waals surface area contributed by atoms with Crippen molar-refractivity contribution in [2.45, 2.75) is 6.92 Å². The molecule has 0 saturated heterocycles. The van der Waals surface area contributed by atoms with Gasteiger partial charge in [-0.2, -0.15) is 0 Å². The molecule has 0 saturated carbocycles. The van der Waals surface area contributed by atoms with Crippen molar-refractivity contribution in [1.82, 2.24) is 0 Å². The second-order valence-electron chi connectivity index (χ2n) is 3.65. The summed E-state index contributed by atoms with van der Waals surface area (Å²) >= 11 is 5.77. The summed E-state index contributed by atoms with van der Waals surface area (Å²) in [6.45, 7) is 2.03. The molecule has 0 fully saturated rings. The third-order valence-electron chi connectivity index (χ3n) is 2.22. The van der Waals surface area contributed by atoms with Gasteiger partial charge in [0.05, 0.1) is 11.4 Å². The fourth-order valence-corrected chi connectivity index (χ4v) is 1.40. The van der Waals surface area contributed by atoms with Gasteiger partial charge in [0.25, 0.3) is 0 Å². The maximum absolute atomic E-state index is 5.77. The third-order valence-corrected chi connectivity index (χ3v) is 2.47. The Kier molecular flexibility index (Phi) is 3.73. The lowest BCUT2D eigenvalue weighted by Gasteiger charge is -1.98. The van der Waals surface area contributed by atoms with E-state index in [2.05, 4.69) is 15.8 Å². The zero-order valence-corrected chi connectivity index (χ0v) is 10.1. The molecule has 0 aliphatic heterocycles. The highest BCUT2D eigenvalue weighted by Crippen LogP contribution is 2.15. The van der Waals surface area contributed by atoms with Crippen LogP contribution in [0.3, 0.4) is 0 Å². The zero-order valence-electron chi connectivity index (χ0n) is 9.39. The van der Waals surface area contributed by atoms with Crippen molar-refractivity contribution in [3.05, 3.63) is 59.1 Å². The normalized spacial score (nSPS) is 10.7. The van der Waals surface area contributed by atoms with E-state index in [1.807, 2.05) is 43.3 Å². The first-order valence-corrected chi connectivity index (χ1v) is 5.61. The summed E-state index contributed by atoms with van der Waals surface area (Å²) in [4.78, 5) is 0. The summed E-state index contributed by atoms with van der Waals surface area (Å²) in [5, 5.41) is 8.65. The predicted octanol–water partition coefficient (Wildman–Crippen LogP) is 4.76. The largest absolute Gasteiger partial charge is 0.260 e. The molecular weight excluding hydrogens is 234 g/mol. The standard InChI is InChI=1S/C13H12ClN3/c1-10-2-6-12(7-3-10)15-17-16-13-8-4-11(14)5-9-13/h2-9H,1H3,(H,15,16). The Labute approximate surface area is 105 Å². The van der Waals surface area contributed by atoms with E-state index in [9.17, 15) is 0 Å². The summed E-state index contributed by atoms with van der Waals surface area (Å²) in [6.07, 6.45) is 0. The number of hydrogen-bond donors (Lipinski definition) is 1. The first kappa shape index (κ1) is 11.6. The Morgan fingerprint density at radius 2 is 1.59 bits per heavy atom. The summed E-state index contributed by atoms with van der Waals surface area (Å²) in [6, 6.07) is 15.1. The third kappa shape index (κ3) is 3.57. The van der Waals surface area contributed by atoms with Crippen molar-refractivity contribution < 1.29 is 0 Å². The van der Waals surface area contributed by atoms with E-state index in [1.54, 1.807) is 12.1 Å². The first-order chi connectivity index (χ1) is 8.24. The van der Waals surface area contributed by atoms with Crippen LogP contribution in [0.15, 0.2) is 58.9 Å². The minimum absolute atomic E-state index is 0.700. The molecule has 4 heteroatoms. The SMILES string of the molecule is Cc1ccc(N=NNc2ccc(Cl)cc2)cc1. The summed E-state index contributed by atoms with van der Waals surface area (Å²) in [7, 11) is 0. The van der Waals surface area contributed by atoms with Gasteiger partial charge in [0.15, 0.2) is 0 Å². The van der Waals surface area contributed by atoms with Gasteiger partial charge in [-0.05, 0) is 43.3 Å². The first-order valence-electron chi connectivity index (χ1n) is 5.23. The van der Waals surface area contributed by atoms with Crippen LogP contribution >= 0.6 is 11.6 Å². The van der Waals surface area contributed by atoms with Gasteiger partial charge >= 0.3 is 0 Å². The lowest BCUT2D eigenvalue weighted by atomic mass is 10.2. The van der Waals surface area contributed by atoms with Crippen LogP contribution in [-0.2, 0) is 0 Å². The number of nitrogens with zero attached hydrogens (tertiary/aromatic N) is 2. The lowest BCUT2D eigenvalue weighted by Crippen LogP contribution is -1.84. The van der Waals surface area contributed by atoms with Gasteiger partial charge in [-0.1, -0.05) is 34.5 Å². The molecule has 0 aliphatic carbocycles. The fourth-order valence-electron chi connectivity index (χ4n) is 1.28. The smallest absolute Gasteiger partial charge is 0.0874 e. The molecule has 2 aromatic rings. The van der Waals surface area contributed by atoms with Crippen LogP contribution in [0.4, 0.5) is 11.4 Å². The Bertz CT molecular complexity index is 503. The number of anilines is 1. The Morgan fingerprint density at radius 3 is 2.24 bits per heavy atom. The molecule has 2 aromatic carbocycles. The molecule has 0 spiro atoms. The van der Waals surface area contributed by atoms with Crippen LogP contribution < -0.4 is 5.43 Å². The summed E-state index contributed by atoms with van der Waals surface area (Å²) in [5.41, 5.74) is 5.71. The average molecular weight is 246 g/mol. The van der Waals surface area contributed by atoms with Gasteiger partial charge in [-0.15, -0.1) is 5.11 Å². The maximum Gasteiger partial charge on any atom is 0.0874 e. The zero-order chi connectivity index (χ0) is 12.1. The average Bonchev–Trinajstić information content (AvgIpc) is 2.34. The highest BCUT2D eigenvalue weighted by molar-refractivity contribution is 6.30. The summed E-state index contributed by atoms with van der Waals surface area (Å²) < 4.78 is 0. The van der Waals surface area contributed by atoms with Crippen molar-refractivity contribution >= 4 is 23.0 Å². The van der Waals surface area contributed by atoms with Gasteiger partial charge in [0.1, 0.15) is 0 Å². The van der Waals surface area contributed by atoms with Crippen LogP contribution in [0, 0.1) is 6.92 Å². The molecule has 0 aromatic heterocycles. The number of aryl methyl sites for hydroxylation is 1. The minimum atomic E-state index is 0.700.